The van der Waals surface area contributed by atoms with Crippen LogP contribution in [0.1, 0.15) is 32.3 Å². The summed E-state index contributed by atoms with van der Waals surface area (Å²) in [6, 6.07) is 11.0. The average Bonchev–Trinajstić information content (AvgIpc) is 2.57. The number of aromatic nitrogens is 1. The standard InChI is InChI=1S/C18H20FN3O/c1-3-18(21,4-2)12-22-16(10-7-14(11-20)17(22)23)13-5-8-15(19)9-6-13/h5-10H,3-4,12,21H2,1-2H3. The van der Waals surface area contributed by atoms with Gasteiger partial charge < -0.3 is 10.3 Å². The molecular formula is C18H20FN3O. The number of nitrogens with zero attached hydrogens (tertiary/aromatic N) is 2. The van der Waals surface area contributed by atoms with Crippen LogP contribution in [0.4, 0.5) is 4.39 Å². The van der Waals surface area contributed by atoms with Gasteiger partial charge in [0, 0.05) is 12.1 Å². The zero-order valence-corrected chi connectivity index (χ0v) is 13.3. The van der Waals surface area contributed by atoms with Crippen LogP contribution in [0.25, 0.3) is 11.3 Å². The Kier molecular flexibility index (Phi) is 4.97. The number of rotatable bonds is 5. The third-order valence-corrected chi connectivity index (χ3v) is 4.32. The number of halogens is 1. The molecule has 0 radical (unpaired) electrons. The zero-order valence-electron chi connectivity index (χ0n) is 13.3. The van der Waals surface area contributed by atoms with E-state index in [1.54, 1.807) is 18.2 Å². The summed E-state index contributed by atoms with van der Waals surface area (Å²) in [6.45, 7) is 4.25. The molecule has 2 N–H and O–H groups in total. The second-order valence-electron chi connectivity index (χ2n) is 5.71. The first-order valence-electron chi connectivity index (χ1n) is 7.63. The highest BCUT2D eigenvalue weighted by atomic mass is 19.1. The van der Waals surface area contributed by atoms with Crippen molar-refractivity contribution in [3.63, 3.8) is 0 Å². The molecule has 0 amide bonds. The normalized spacial score (nSPS) is 11.3. The van der Waals surface area contributed by atoms with Crippen molar-refractivity contribution in [1.29, 1.82) is 5.26 Å². The van der Waals surface area contributed by atoms with Crippen LogP contribution in [0, 0.1) is 17.1 Å². The summed E-state index contributed by atoms with van der Waals surface area (Å²) in [7, 11) is 0. The van der Waals surface area contributed by atoms with Crippen molar-refractivity contribution >= 4 is 0 Å². The number of hydrogen-bond acceptors (Lipinski definition) is 3. The fourth-order valence-electron chi connectivity index (χ4n) is 2.48. The first kappa shape index (κ1) is 16.9. The largest absolute Gasteiger partial charge is 0.324 e. The molecule has 1 aromatic heterocycles. The number of hydrogen-bond donors (Lipinski definition) is 1. The maximum atomic E-state index is 13.1. The van der Waals surface area contributed by atoms with Crippen molar-refractivity contribution in [2.75, 3.05) is 0 Å². The van der Waals surface area contributed by atoms with E-state index in [1.165, 1.54) is 22.8 Å². The third kappa shape index (κ3) is 3.49. The van der Waals surface area contributed by atoms with E-state index >= 15 is 0 Å². The van der Waals surface area contributed by atoms with Gasteiger partial charge in [-0.2, -0.15) is 5.26 Å². The van der Waals surface area contributed by atoms with E-state index in [0.717, 1.165) is 0 Å². The fraction of sp³-hybridized carbons (Fsp3) is 0.333. The molecule has 0 fully saturated rings. The Hall–Kier alpha value is -2.45. The lowest BCUT2D eigenvalue weighted by molar-refractivity contribution is 0.336. The van der Waals surface area contributed by atoms with Gasteiger partial charge in [-0.3, -0.25) is 4.79 Å². The summed E-state index contributed by atoms with van der Waals surface area (Å²) in [5, 5.41) is 9.11. The molecule has 0 saturated carbocycles. The van der Waals surface area contributed by atoms with Crippen LogP contribution in [-0.4, -0.2) is 10.1 Å². The maximum Gasteiger partial charge on any atom is 0.269 e. The molecule has 120 valence electrons. The molecule has 2 rings (SSSR count). The highest BCUT2D eigenvalue weighted by Gasteiger charge is 2.23. The molecular weight excluding hydrogens is 293 g/mol. The first-order chi connectivity index (χ1) is 10.9. The van der Waals surface area contributed by atoms with Gasteiger partial charge in [0.2, 0.25) is 0 Å². The van der Waals surface area contributed by atoms with E-state index in [1.807, 2.05) is 19.9 Å². The molecule has 0 unspecified atom stereocenters. The smallest absolute Gasteiger partial charge is 0.269 e. The molecule has 23 heavy (non-hydrogen) atoms. The number of nitriles is 1. The van der Waals surface area contributed by atoms with Gasteiger partial charge in [-0.25, -0.2) is 4.39 Å². The van der Waals surface area contributed by atoms with Gasteiger partial charge in [0.05, 0.1) is 5.69 Å². The first-order valence-corrected chi connectivity index (χ1v) is 7.63. The summed E-state index contributed by atoms with van der Waals surface area (Å²) < 4.78 is 14.7. The van der Waals surface area contributed by atoms with Crippen molar-refractivity contribution in [2.45, 2.75) is 38.8 Å². The van der Waals surface area contributed by atoms with E-state index < -0.39 is 5.54 Å². The van der Waals surface area contributed by atoms with Crippen LogP contribution < -0.4 is 11.3 Å². The summed E-state index contributed by atoms with van der Waals surface area (Å²) in [4.78, 5) is 12.6. The Morgan fingerprint density at radius 2 is 1.78 bits per heavy atom. The Balaban J connectivity index is 2.64. The molecule has 4 nitrogen and oxygen atoms in total. The van der Waals surface area contributed by atoms with Gasteiger partial charge >= 0.3 is 0 Å². The fourth-order valence-corrected chi connectivity index (χ4v) is 2.48. The number of benzene rings is 1. The van der Waals surface area contributed by atoms with E-state index in [2.05, 4.69) is 0 Å². The summed E-state index contributed by atoms with van der Waals surface area (Å²) in [5.41, 5.74) is 6.87. The Labute approximate surface area is 135 Å². The summed E-state index contributed by atoms with van der Waals surface area (Å²) >= 11 is 0. The van der Waals surface area contributed by atoms with Crippen LogP contribution in [0.2, 0.25) is 0 Å². The number of pyridine rings is 1. The van der Waals surface area contributed by atoms with Crippen molar-refractivity contribution in [3.05, 3.63) is 58.1 Å². The number of nitrogens with two attached hydrogens (primary N) is 1. The molecule has 0 aliphatic carbocycles. The Morgan fingerprint density at radius 1 is 1.17 bits per heavy atom. The monoisotopic (exact) mass is 313 g/mol. The van der Waals surface area contributed by atoms with Gasteiger partial charge in [0.25, 0.3) is 5.56 Å². The molecule has 0 bridgehead atoms. The van der Waals surface area contributed by atoms with E-state index in [0.29, 0.717) is 30.6 Å². The third-order valence-electron chi connectivity index (χ3n) is 4.32. The van der Waals surface area contributed by atoms with E-state index in [9.17, 15) is 9.18 Å². The van der Waals surface area contributed by atoms with Crippen molar-refractivity contribution < 1.29 is 4.39 Å². The molecule has 0 aliphatic heterocycles. The van der Waals surface area contributed by atoms with E-state index in [4.69, 9.17) is 11.0 Å². The maximum absolute atomic E-state index is 13.1. The predicted octanol–water partition coefficient (Wildman–Crippen LogP) is 3.04. The Bertz CT molecular complexity index is 783. The zero-order chi connectivity index (χ0) is 17.0. The minimum absolute atomic E-state index is 0.0745. The highest BCUT2D eigenvalue weighted by molar-refractivity contribution is 5.60. The lowest BCUT2D eigenvalue weighted by Crippen LogP contribution is -2.45. The molecule has 0 saturated heterocycles. The second kappa shape index (κ2) is 6.76. The average molecular weight is 313 g/mol. The van der Waals surface area contributed by atoms with Gasteiger partial charge in [0.15, 0.2) is 0 Å². The topological polar surface area (TPSA) is 71.8 Å². The minimum Gasteiger partial charge on any atom is -0.324 e. The van der Waals surface area contributed by atoms with E-state index in [-0.39, 0.29) is 16.9 Å². The molecule has 0 atom stereocenters. The molecule has 0 aliphatic rings. The van der Waals surface area contributed by atoms with Gasteiger partial charge in [-0.15, -0.1) is 0 Å². The lowest BCUT2D eigenvalue weighted by atomic mass is 9.93. The molecule has 1 aromatic carbocycles. The van der Waals surface area contributed by atoms with Gasteiger partial charge in [-0.1, -0.05) is 13.8 Å². The molecule has 2 aromatic rings. The molecule has 1 heterocycles. The SMILES string of the molecule is CCC(N)(CC)Cn1c(-c2ccc(F)cc2)ccc(C#N)c1=O. The molecule has 0 spiro atoms. The van der Waals surface area contributed by atoms with Crippen LogP contribution in [-0.2, 0) is 6.54 Å². The van der Waals surface area contributed by atoms with Crippen LogP contribution in [0.5, 0.6) is 0 Å². The summed E-state index contributed by atoms with van der Waals surface area (Å²) in [5.74, 6) is -0.341. The van der Waals surface area contributed by atoms with Crippen LogP contribution >= 0.6 is 0 Å². The Morgan fingerprint density at radius 3 is 2.30 bits per heavy atom. The van der Waals surface area contributed by atoms with Gasteiger partial charge in [0.1, 0.15) is 17.4 Å². The lowest BCUT2D eigenvalue weighted by Gasteiger charge is -2.29. The van der Waals surface area contributed by atoms with Crippen LogP contribution in [0.15, 0.2) is 41.2 Å². The van der Waals surface area contributed by atoms with Gasteiger partial charge in [-0.05, 0) is 54.8 Å². The van der Waals surface area contributed by atoms with Crippen LogP contribution in [0.3, 0.4) is 0 Å². The highest BCUT2D eigenvalue weighted by Crippen LogP contribution is 2.22. The minimum atomic E-state index is -0.535. The summed E-state index contributed by atoms with van der Waals surface area (Å²) in [6.07, 6.45) is 1.41. The van der Waals surface area contributed by atoms with Crippen molar-refractivity contribution in [2.24, 2.45) is 5.73 Å². The quantitative estimate of drug-likeness (QED) is 0.922. The second-order valence-corrected chi connectivity index (χ2v) is 5.71. The predicted molar refractivity (Wildman–Crippen MR) is 88.3 cm³/mol. The van der Waals surface area contributed by atoms with Crippen molar-refractivity contribution in [1.82, 2.24) is 4.57 Å². The van der Waals surface area contributed by atoms with Crippen molar-refractivity contribution in [3.8, 4) is 17.3 Å². The molecule has 5 heteroatoms.